The van der Waals surface area contributed by atoms with Crippen molar-refractivity contribution in [2.75, 3.05) is 13.2 Å². The molecule has 0 bridgehead atoms. The molecule has 0 heterocycles. The van der Waals surface area contributed by atoms with Gasteiger partial charge in [-0.2, -0.15) is 0 Å². The van der Waals surface area contributed by atoms with Crippen LogP contribution in [0.2, 0.25) is 0 Å². The summed E-state index contributed by atoms with van der Waals surface area (Å²) in [4.78, 5) is 22.9. The van der Waals surface area contributed by atoms with Crippen molar-refractivity contribution in [1.82, 2.24) is 0 Å². The zero-order chi connectivity index (χ0) is 17.9. The summed E-state index contributed by atoms with van der Waals surface area (Å²) in [6.07, 6.45) is 16.2. The Morgan fingerprint density at radius 2 is 0.792 bits per heavy atom. The lowest BCUT2D eigenvalue weighted by molar-refractivity contribution is -0.167. The normalized spacial score (nSPS) is 10.6. The predicted molar refractivity (Wildman–Crippen MR) is 97.9 cm³/mol. The highest BCUT2D eigenvalue weighted by Crippen LogP contribution is 2.08. The summed E-state index contributed by atoms with van der Waals surface area (Å²) >= 11 is 0. The molecule has 0 radical (unpaired) electrons. The molecule has 0 N–H and O–H groups in total. The highest BCUT2D eigenvalue weighted by atomic mass is 16.6. The monoisotopic (exact) mass is 342 g/mol. The Morgan fingerprint density at radius 1 is 0.500 bits per heavy atom. The molecule has 0 saturated carbocycles. The smallest absolute Gasteiger partial charge is 0.417 e. The Hall–Kier alpha value is -1.06. The Bertz CT molecular complexity index is 272. The second-order valence-corrected chi connectivity index (χ2v) is 6.51. The molecule has 0 amide bonds. The van der Waals surface area contributed by atoms with Crippen molar-refractivity contribution in [3.05, 3.63) is 0 Å². The van der Waals surface area contributed by atoms with Gasteiger partial charge in [-0.05, 0) is 12.8 Å². The first kappa shape index (κ1) is 22.9. The fourth-order valence-corrected chi connectivity index (χ4v) is 2.57. The first-order valence-electron chi connectivity index (χ1n) is 10.1. The number of ether oxygens (including phenoxy) is 2. The second-order valence-electron chi connectivity index (χ2n) is 6.51. The minimum Gasteiger partial charge on any atom is -0.457 e. The quantitative estimate of drug-likeness (QED) is 0.209. The number of esters is 2. The van der Waals surface area contributed by atoms with Gasteiger partial charge in [-0.1, -0.05) is 90.9 Å². The first-order chi connectivity index (χ1) is 11.7. The highest BCUT2D eigenvalue weighted by molar-refractivity contribution is 6.29. The SMILES string of the molecule is CCCCCCCCCOC(=O)C(=O)OCCCCCCCCC. The van der Waals surface area contributed by atoms with Crippen molar-refractivity contribution >= 4 is 11.9 Å². The topological polar surface area (TPSA) is 52.6 Å². The van der Waals surface area contributed by atoms with Gasteiger partial charge in [-0.3, -0.25) is 0 Å². The molecule has 0 atom stereocenters. The fraction of sp³-hybridized carbons (Fsp3) is 0.900. The molecule has 0 rings (SSSR count). The second kappa shape index (κ2) is 18.3. The van der Waals surface area contributed by atoms with Crippen LogP contribution >= 0.6 is 0 Å². The molecule has 0 aliphatic heterocycles. The molecule has 0 aromatic carbocycles. The van der Waals surface area contributed by atoms with Crippen LogP contribution in [-0.4, -0.2) is 25.2 Å². The summed E-state index contributed by atoms with van der Waals surface area (Å²) in [5.74, 6) is -1.69. The fourth-order valence-electron chi connectivity index (χ4n) is 2.57. The van der Waals surface area contributed by atoms with E-state index < -0.39 is 11.9 Å². The lowest BCUT2D eigenvalue weighted by atomic mass is 10.1. The van der Waals surface area contributed by atoms with E-state index in [2.05, 4.69) is 13.8 Å². The van der Waals surface area contributed by atoms with Crippen LogP contribution in [0.1, 0.15) is 104 Å². The maximum absolute atomic E-state index is 11.5. The summed E-state index contributed by atoms with van der Waals surface area (Å²) in [5, 5.41) is 0. The van der Waals surface area contributed by atoms with Gasteiger partial charge in [0.2, 0.25) is 0 Å². The van der Waals surface area contributed by atoms with E-state index in [9.17, 15) is 9.59 Å². The molecule has 0 unspecified atom stereocenters. The van der Waals surface area contributed by atoms with E-state index in [0.29, 0.717) is 13.2 Å². The zero-order valence-corrected chi connectivity index (χ0v) is 15.9. The largest absolute Gasteiger partial charge is 0.457 e. The van der Waals surface area contributed by atoms with Gasteiger partial charge in [0.05, 0.1) is 13.2 Å². The molecular formula is C20H38O4. The summed E-state index contributed by atoms with van der Waals surface area (Å²) in [7, 11) is 0. The third kappa shape index (κ3) is 15.8. The molecular weight excluding hydrogens is 304 g/mol. The van der Waals surface area contributed by atoms with Crippen molar-refractivity contribution in [3.8, 4) is 0 Å². The minimum atomic E-state index is -0.844. The Kier molecular flexibility index (Phi) is 17.5. The summed E-state index contributed by atoms with van der Waals surface area (Å²) in [5.41, 5.74) is 0. The van der Waals surface area contributed by atoms with E-state index in [0.717, 1.165) is 25.7 Å². The number of rotatable bonds is 16. The Labute approximate surface area is 148 Å². The van der Waals surface area contributed by atoms with Gasteiger partial charge in [-0.25, -0.2) is 9.59 Å². The van der Waals surface area contributed by atoms with E-state index in [1.165, 1.54) is 64.2 Å². The van der Waals surface area contributed by atoms with Crippen molar-refractivity contribution < 1.29 is 19.1 Å². The third-order valence-corrected chi connectivity index (χ3v) is 4.13. The Morgan fingerprint density at radius 3 is 1.12 bits per heavy atom. The average Bonchev–Trinajstić information content (AvgIpc) is 2.59. The van der Waals surface area contributed by atoms with E-state index in [4.69, 9.17) is 9.47 Å². The number of hydrogen-bond donors (Lipinski definition) is 0. The molecule has 0 saturated heterocycles. The van der Waals surface area contributed by atoms with Crippen LogP contribution in [0.15, 0.2) is 0 Å². The van der Waals surface area contributed by atoms with Crippen LogP contribution in [0.5, 0.6) is 0 Å². The minimum absolute atomic E-state index is 0.319. The lowest BCUT2D eigenvalue weighted by Crippen LogP contribution is -2.21. The molecule has 0 spiro atoms. The van der Waals surface area contributed by atoms with E-state index in [1.807, 2.05) is 0 Å². The van der Waals surface area contributed by atoms with Crippen LogP contribution in [0, 0.1) is 0 Å². The molecule has 4 nitrogen and oxygen atoms in total. The molecule has 0 aromatic rings. The van der Waals surface area contributed by atoms with E-state index in [1.54, 1.807) is 0 Å². The van der Waals surface area contributed by atoms with Gasteiger partial charge in [-0.15, -0.1) is 0 Å². The van der Waals surface area contributed by atoms with Gasteiger partial charge >= 0.3 is 11.9 Å². The maximum atomic E-state index is 11.5. The average molecular weight is 343 g/mol. The van der Waals surface area contributed by atoms with Crippen molar-refractivity contribution in [2.45, 2.75) is 104 Å². The van der Waals surface area contributed by atoms with Crippen molar-refractivity contribution in [3.63, 3.8) is 0 Å². The molecule has 0 aliphatic rings. The number of unbranched alkanes of at least 4 members (excludes halogenated alkanes) is 12. The Balaban J connectivity index is 3.36. The summed E-state index contributed by atoms with van der Waals surface area (Å²) < 4.78 is 9.88. The van der Waals surface area contributed by atoms with Crippen molar-refractivity contribution in [1.29, 1.82) is 0 Å². The van der Waals surface area contributed by atoms with Crippen molar-refractivity contribution in [2.24, 2.45) is 0 Å². The molecule has 0 aromatic heterocycles. The van der Waals surface area contributed by atoms with Gasteiger partial charge in [0.15, 0.2) is 0 Å². The summed E-state index contributed by atoms with van der Waals surface area (Å²) in [6.45, 7) is 5.04. The molecule has 24 heavy (non-hydrogen) atoms. The molecule has 142 valence electrons. The zero-order valence-electron chi connectivity index (χ0n) is 15.9. The number of carbonyl (C=O) groups excluding carboxylic acids is 2. The molecule has 0 aliphatic carbocycles. The van der Waals surface area contributed by atoms with Crippen LogP contribution in [0.25, 0.3) is 0 Å². The van der Waals surface area contributed by atoms with Crippen LogP contribution in [0.3, 0.4) is 0 Å². The van der Waals surface area contributed by atoms with Gasteiger partial charge in [0.1, 0.15) is 0 Å². The molecule has 0 fully saturated rings. The summed E-state index contributed by atoms with van der Waals surface area (Å²) in [6, 6.07) is 0. The maximum Gasteiger partial charge on any atom is 0.417 e. The predicted octanol–water partition coefficient (Wildman–Crippen LogP) is 5.57. The lowest BCUT2D eigenvalue weighted by Gasteiger charge is -2.06. The van der Waals surface area contributed by atoms with Gasteiger partial charge in [0, 0.05) is 0 Å². The number of hydrogen-bond acceptors (Lipinski definition) is 4. The highest BCUT2D eigenvalue weighted by Gasteiger charge is 2.16. The van der Waals surface area contributed by atoms with Gasteiger partial charge < -0.3 is 9.47 Å². The van der Waals surface area contributed by atoms with Crippen LogP contribution in [0.4, 0.5) is 0 Å². The standard InChI is InChI=1S/C20H38O4/c1-3-5-7-9-11-13-15-17-23-19(21)20(22)24-18-16-14-12-10-8-6-4-2/h3-18H2,1-2H3. The molecule has 4 heteroatoms. The van der Waals surface area contributed by atoms with E-state index >= 15 is 0 Å². The first-order valence-corrected chi connectivity index (χ1v) is 10.1. The van der Waals surface area contributed by atoms with Crippen LogP contribution < -0.4 is 0 Å². The van der Waals surface area contributed by atoms with Crippen LogP contribution in [-0.2, 0) is 19.1 Å². The number of carbonyl (C=O) groups is 2. The van der Waals surface area contributed by atoms with Gasteiger partial charge in [0.25, 0.3) is 0 Å². The third-order valence-electron chi connectivity index (χ3n) is 4.13. The van der Waals surface area contributed by atoms with E-state index in [-0.39, 0.29) is 0 Å².